The fourth-order valence-electron chi connectivity index (χ4n) is 2.08. The number of aliphatic carboxylic acids is 1. The molecule has 3 unspecified atom stereocenters. The van der Waals surface area contributed by atoms with E-state index in [9.17, 15) is 14.7 Å². The first-order chi connectivity index (χ1) is 8.47. The summed E-state index contributed by atoms with van der Waals surface area (Å²) in [7, 11) is 0. The van der Waals surface area contributed by atoms with Crippen molar-refractivity contribution in [3.8, 4) is 0 Å². The number of rotatable bonds is 5. The van der Waals surface area contributed by atoms with Gasteiger partial charge in [-0.1, -0.05) is 32.1 Å². The van der Waals surface area contributed by atoms with E-state index in [-0.39, 0.29) is 11.8 Å². The van der Waals surface area contributed by atoms with Gasteiger partial charge >= 0.3 is 11.9 Å². The molecule has 0 aromatic rings. The molecule has 3 atom stereocenters. The topological polar surface area (TPSA) is 63.6 Å². The zero-order chi connectivity index (χ0) is 13.7. The van der Waals surface area contributed by atoms with Gasteiger partial charge in [-0.3, -0.25) is 9.59 Å². The first-order valence-corrected chi connectivity index (χ1v) is 6.16. The summed E-state index contributed by atoms with van der Waals surface area (Å²) in [4.78, 5) is 23.2. The van der Waals surface area contributed by atoms with Crippen molar-refractivity contribution in [1.29, 1.82) is 0 Å². The molecule has 0 bridgehead atoms. The van der Waals surface area contributed by atoms with Gasteiger partial charge < -0.3 is 9.84 Å². The Morgan fingerprint density at radius 2 is 2.22 bits per heavy atom. The second kappa shape index (κ2) is 6.38. The Kier molecular flexibility index (Phi) is 5.13. The first-order valence-electron chi connectivity index (χ1n) is 6.16. The van der Waals surface area contributed by atoms with E-state index in [4.69, 9.17) is 4.74 Å². The van der Waals surface area contributed by atoms with Crippen LogP contribution in [-0.2, 0) is 14.3 Å². The highest BCUT2D eigenvalue weighted by molar-refractivity contribution is 5.82. The number of allylic oxidation sites excluding steroid dienone is 3. The normalized spacial score (nSPS) is 26.9. The molecule has 4 nitrogen and oxygen atoms in total. The van der Waals surface area contributed by atoms with E-state index in [2.05, 4.69) is 6.58 Å². The van der Waals surface area contributed by atoms with Gasteiger partial charge in [0.1, 0.15) is 0 Å². The van der Waals surface area contributed by atoms with Crippen molar-refractivity contribution < 1.29 is 19.4 Å². The van der Waals surface area contributed by atoms with Crippen LogP contribution in [0.25, 0.3) is 0 Å². The maximum atomic E-state index is 11.9. The third kappa shape index (κ3) is 3.45. The van der Waals surface area contributed by atoms with E-state index >= 15 is 0 Å². The molecule has 0 aromatic carbocycles. The minimum Gasteiger partial charge on any atom is -0.481 e. The molecule has 100 valence electrons. The van der Waals surface area contributed by atoms with Gasteiger partial charge in [0.2, 0.25) is 0 Å². The Labute approximate surface area is 107 Å². The molecule has 0 aromatic heterocycles. The molecule has 1 N–H and O–H groups in total. The molecule has 0 saturated carbocycles. The third-order valence-electron chi connectivity index (χ3n) is 3.02. The lowest BCUT2D eigenvalue weighted by Crippen LogP contribution is -2.37. The summed E-state index contributed by atoms with van der Waals surface area (Å²) in [6.45, 7) is 7.82. The van der Waals surface area contributed by atoms with Gasteiger partial charge in [-0.25, -0.2) is 0 Å². The number of carboxylic acids is 1. The summed E-state index contributed by atoms with van der Waals surface area (Å²) in [5.74, 6) is -2.86. The van der Waals surface area contributed by atoms with Crippen LogP contribution in [0.5, 0.6) is 0 Å². The Morgan fingerprint density at radius 1 is 1.56 bits per heavy atom. The number of hydrogen-bond donors (Lipinski definition) is 1. The lowest BCUT2D eigenvalue weighted by molar-refractivity contribution is -0.159. The number of esters is 1. The van der Waals surface area contributed by atoms with Crippen molar-refractivity contribution in [2.45, 2.75) is 20.3 Å². The lowest BCUT2D eigenvalue weighted by atomic mass is 9.76. The lowest BCUT2D eigenvalue weighted by Gasteiger charge is -2.28. The van der Waals surface area contributed by atoms with Crippen molar-refractivity contribution in [3.63, 3.8) is 0 Å². The molecular formula is C14H20O4. The molecule has 0 saturated heterocycles. The maximum Gasteiger partial charge on any atom is 0.310 e. The Hall–Kier alpha value is -1.58. The van der Waals surface area contributed by atoms with Crippen molar-refractivity contribution in [2.75, 3.05) is 6.61 Å². The number of hydrogen-bond acceptors (Lipinski definition) is 3. The molecule has 0 radical (unpaired) electrons. The zero-order valence-corrected chi connectivity index (χ0v) is 10.8. The van der Waals surface area contributed by atoms with Crippen LogP contribution >= 0.6 is 0 Å². The Balaban J connectivity index is 2.79. The van der Waals surface area contributed by atoms with Gasteiger partial charge in [0.05, 0.1) is 18.4 Å². The Morgan fingerprint density at radius 3 is 2.72 bits per heavy atom. The molecule has 0 aliphatic heterocycles. The number of ether oxygens (including phenoxy) is 1. The smallest absolute Gasteiger partial charge is 0.310 e. The predicted molar refractivity (Wildman–Crippen MR) is 67.9 cm³/mol. The summed E-state index contributed by atoms with van der Waals surface area (Å²) < 4.78 is 5.15. The largest absolute Gasteiger partial charge is 0.481 e. The number of carbonyl (C=O) groups excluding carboxylic acids is 1. The van der Waals surface area contributed by atoms with E-state index < -0.39 is 23.8 Å². The summed E-state index contributed by atoms with van der Waals surface area (Å²) in [5.41, 5.74) is 0. The van der Waals surface area contributed by atoms with Crippen molar-refractivity contribution >= 4 is 11.9 Å². The van der Waals surface area contributed by atoms with Crippen LogP contribution in [-0.4, -0.2) is 23.7 Å². The highest BCUT2D eigenvalue weighted by Crippen LogP contribution is 2.32. The monoisotopic (exact) mass is 252 g/mol. The van der Waals surface area contributed by atoms with Crippen molar-refractivity contribution in [2.24, 2.45) is 23.7 Å². The van der Waals surface area contributed by atoms with Gasteiger partial charge in [-0.15, -0.1) is 6.58 Å². The average molecular weight is 252 g/mol. The van der Waals surface area contributed by atoms with Crippen LogP contribution in [0, 0.1) is 23.7 Å². The molecule has 0 heterocycles. The van der Waals surface area contributed by atoms with E-state index in [1.165, 1.54) is 0 Å². The molecule has 18 heavy (non-hydrogen) atoms. The van der Waals surface area contributed by atoms with E-state index in [0.29, 0.717) is 13.0 Å². The second-order valence-electron chi connectivity index (χ2n) is 4.97. The fourth-order valence-corrected chi connectivity index (χ4v) is 2.08. The summed E-state index contributed by atoms with van der Waals surface area (Å²) in [6.07, 6.45) is 5.60. The van der Waals surface area contributed by atoms with Crippen LogP contribution in [0.2, 0.25) is 0 Å². The molecular weight excluding hydrogens is 232 g/mol. The zero-order valence-electron chi connectivity index (χ0n) is 10.8. The molecule has 1 aliphatic carbocycles. The molecule has 0 fully saturated rings. The SMILES string of the molecule is C=CC1C=CCC(C(=O)OCC(C)C)C1C(=O)O. The first kappa shape index (κ1) is 14.5. The van der Waals surface area contributed by atoms with Gasteiger partial charge in [-0.2, -0.15) is 0 Å². The molecule has 4 heteroatoms. The van der Waals surface area contributed by atoms with Crippen LogP contribution in [0.15, 0.2) is 24.8 Å². The third-order valence-corrected chi connectivity index (χ3v) is 3.02. The van der Waals surface area contributed by atoms with Gasteiger partial charge in [-0.05, 0) is 12.3 Å². The molecule has 1 rings (SSSR count). The average Bonchev–Trinajstić information content (AvgIpc) is 2.34. The minimum absolute atomic E-state index is 0.242. The van der Waals surface area contributed by atoms with Crippen molar-refractivity contribution in [3.05, 3.63) is 24.8 Å². The van der Waals surface area contributed by atoms with E-state index in [1.807, 2.05) is 19.9 Å². The van der Waals surface area contributed by atoms with Crippen LogP contribution in [0.1, 0.15) is 20.3 Å². The van der Waals surface area contributed by atoms with Gasteiger partial charge in [0.25, 0.3) is 0 Å². The minimum atomic E-state index is -0.976. The second-order valence-corrected chi connectivity index (χ2v) is 4.97. The van der Waals surface area contributed by atoms with E-state index in [0.717, 1.165) is 0 Å². The molecule has 0 spiro atoms. The Bertz CT molecular complexity index is 357. The van der Waals surface area contributed by atoms with E-state index in [1.54, 1.807) is 12.2 Å². The number of carbonyl (C=O) groups is 2. The van der Waals surface area contributed by atoms with Gasteiger partial charge in [0, 0.05) is 5.92 Å². The number of carboxylic acid groups (broad SMARTS) is 1. The van der Waals surface area contributed by atoms with Crippen LogP contribution in [0.3, 0.4) is 0 Å². The van der Waals surface area contributed by atoms with Crippen LogP contribution in [0.4, 0.5) is 0 Å². The fraction of sp³-hybridized carbons (Fsp3) is 0.571. The standard InChI is InChI=1S/C14H20O4/c1-4-10-6-5-7-11(12(10)13(15)16)14(17)18-8-9(2)3/h4-6,9-12H,1,7-8H2,2-3H3,(H,15,16). The van der Waals surface area contributed by atoms with Crippen molar-refractivity contribution in [1.82, 2.24) is 0 Å². The predicted octanol–water partition coefficient (Wildman–Crippen LogP) is 2.26. The molecule has 0 amide bonds. The molecule has 1 aliphatic rings. The highest BCUT2D eigenvalue weighted by atomic mass is 16.5. The highest BCUT2D eigenvalue weighted by Gasteiger charge is 2.39. The summed E-state index contributed by atoms with van der Waals surface area (Å²) >= 11 is 0. The quantitative estimate of drug-likeness (QED) is 0.602. The maximum absolute atomic E-state index is 11.9. The van der Waals surface area contributed by atoms with Crippen LogP contribution < -0.4 is 0 Å². The summed E-state index contributed by atoms with van der Waals surface area (Å²) in [6, 6.07) is 0. The van der Waals surface area contributed by atoms with Gasteiger partial charge in [0.15, 0.2) is 0 Å². The summed E-state index contributed by atoms with van der Waals surface area (Å²) in [5, 5.41) is 9.25.